The average Bonchev–Trinajstić information content (AvgIpc) is 3.05. The van der Waals surface area contributed by atoms with E-state index in [1.807, 2.05) is 0 Å². The van der Waals surface area contributed by atoms with Gasteiger partial charge in [-0.2, -0.15) is 0 Å². The summed E-state index contributed by atoms with van der Waals surface area (Å²) < 4.78 is 18.4. The first kappa shape index (κ1) is 16.8. The number of anilines is 1. The number of aromatic nitrogens is 2. The molecule has 1 saturated heterocycles. The van der Waals surface area contributed by atoms with Gasteiger partial charge in [0.25, 0.3) is 5.91 Å². The standard InChI is InChI=1S/C17H17FN4O3/c1-11(23)21-14-4-2-12(3-5-14)16(24)22-7-6-15(10-22)25-17-19-8-13(18)9-20-17/h2-5,8-9,15H,6-7,10H2,1H3,(H,21,23)/t15-/m0/s1. The van der Waals surface area contributed by atoms with Crippen LogP contribution in [0.5, 0.6) is 6.01 Å². The Labute approximate surface area is 143 Å². The molecule has 0 spiro atoms. The highest BCUT2D eigenvalue weighted by Crippen LogP contribution is 2.18. The van der Waals surface area contributed by atoms with Crippen molar-refractivity contribution in [2.45, 2.75) is 19.4 Å². The predicted octanol–water partition coefficient (Wildman–Crippen LogP) is 1.87. The number of nitrogens with zero attached hydrogens (tertiary/aromatic N) is 3. The summed E-state index contributed by atoms with van der Waals surface area (Å²) in [6.45, 7) is 2.39. The maximum Gasteiger partial charge on any atom is 0.316 e. The highest BCUT2D eigenvalue weighted by molar-refractivity contribution is 5.95. The first-order valence-corrected chi connectivity index (χ1v) is 7.82. The molecule has 1 aromatic heterocycles. The molecule has 3 rings (SSSR count). The van der Waals surface area contributed by atoms with Crippen molar-refractivity contribution in [2.24, 2.45) is 0 Å². The quantitative estimate of drug-likeness (QED) is 0.915. The Bertz CT molecular complexity index is 764. The number of likely N-dealkylation sites (tertiary alicyclic amines) is 1. The molecular weight excluding hydrogens is 327 g/mol. The van der Waals surface area contributed by atoms with Crippen LogP contribution < -0.4 is 10.1 Å². The van der Waals surface area contributed by atoms with Crippen LogP contribution >= 0.6 is 0 Å². The van der Waals surface area contributed by atoms with Gasteiger partial charge in [-0.15, -0.1) is 0 Å². The molecule has 0 radical (unpaired) electrons. The van der Waals surface area contributed by atoms with Gasteiger partial charge in [0.1, 0.15) is 6.10 Å². The summed E-state index contributed by atoms with van der Waals surface area (Å²) in [5, 5.41) is 2.65. The van der Waals surface area contributed by atoms with Gasteiger partial charge in [0.2, 0.25) is 5.91 Å². The third kappa shape index (κ3) is 4.28. The summed E-state index contributed by atoms with van der Waals surface area (Å²) in [6, 6.07) is 6.81. The van der Waals surface area contributed by atoms with E-state index in [1.54, 1.807) is 29.2 Å². The number of benzene rings is 1. The van der Waals surface area contributed by atoms with Crippen molar-refractivity contribution < 1.29 is 18.7 Å². The molecule has 7 nitrogen and oxygen atoms in total. The molecular formula is C17H17FN4O3. The Hall–Kier alpha value is -3.03. The molecule has 2 amide bonds. The van der Waals surface area contributed by atoms with E-state index in [2.05, 4.69) is 15.3 Å². The lowest BCUT2D eigenvalue weighted by molar-refractivity contribution is -0.114. The molecule has 130 valence electrons. The van der Waals surface area contributed by atoms with Crippen LogP contribution in [0.15, 0.2) is 36.7 Å². The van der Waals surface area contributed by atoms with Crippen LogP contribution in [-0.2, 0) is 4.79 Å². The Morgan fingerprint density at radius 2 is 1.92 bits per heavy atom. The summed E-state index contributed by atoms with van der Waals surface area (Å²) in [4.78, 5) is 32.7. The van der Waals surface area contributed by atoms with Crippen molar-refractivity contribution in [3.8, 4) is 6.01 Å². The van der Waals surface area contributed by atoms with E-state index in [4.69, 9.17) is 4.74 Å². The second kappa shape index (κ2) is 7.25. The highest BCUT2D eigenvalue weighted by atomic mass is 19.1. The SMILES string of the molecule is CC(=O)Nc1ccc(C(=O)N2CC[C@H](Oc3ncc(F)cn3)C2)cc1. The zero-order valence-corrected chi connectivity index (χ0v) is 13.6. The summed E-state index contributed by atoms with van der Waals surface area (Å²) in [5.41, 5.74) is 1.17. The van der Waals surface area contributed by atoms with E-state index >= 15 is 0 Å². The lowest BCUT2D eigenvalue weighted by atomic mass is 10.2. The molecule has 1 aliphatic rings. The summed E-state index contributed by atoms with van der Waals surface area (Å²) in [5.74, 6) is -0.805. The zero-order valence-electron chi connectivity index (χ0n) is 13.6. The summed E-state index contributed by atoms with van der Waals surface area (Å²) in [6.07, 6.45) is 2.50. The van der Waals surface area contributed by atoms with Crippen LogP contribution in [0.2, 0.25) is 0 Å². The Morgan fingerprint density at radius 1 is 1.24 bits per heavy atom. The van der Waals surface area contributed by atoms with Gasteiger partial charge in [-0.3, -0.25) is 9.59 Å². The van der Waals surface area contributed by atoms with Gasteiger partial charge in [-0.25, -0.2) is 14.4 Å². The molecule has 0 aliphatic carbocycles. The van der Waals surface area contributed by atoms with Crippen molar-refractivity contribution in [3.63, 3.8) is 0 Å². The first-order chi connectivity index (χ1) is 12.0. The van der Waals surface area contributed by atoms with E-state index < -0.39 is 5.82 Å². The average molecular weight is 344 g/mol. The van der Waals surface area contributed by atoms with Crippen molar-refractivity contribution in [1.29, 1.82) is 0 Å². The van der Waals surface area contributed by atoms with Crippen LogP contribution in [0.1, 0.15) is 23.7 Å². The lowest BCUT2D eigenvalue weighted by Crippen LogP contribution is -2.31. The molecule has 0 bridgehead atoms. The molecule has 1 fully saturated rings. The Kier molecular flexibility index (Phi) is 4.87. The number of ether oxygens (including phenoxy) is 1. The van der Waals surface area contributed by atoms with Gasteiger partial charge in [0.05, 0.1) is 18.9 Å². The molecule has 2 aromatic rings. The second-order valence-corrected chi connectivity index (χ2v) is 5.72. The maximum atomic E-state index is 12.8. The van der Waals surface area contributed by atoms with Gasteiger partial charge in [0.15, 0.2) is 5.82 Å². The molecule has 1 aromatic carbocycles. The maximum absolute atomic E-state index is 12.8. The van der Waals surface area contributed by atoms with Gasteiger partial charge in [-0.1, -0.05) is 0 Å². The number of carbonyl (C=O) groups is 2. The van der Waals surface area contributed by atoms with Crippen LogP contribution in [0.4, 0.5) is 10.1 Å². The van der Waals surface area contributed by atoms with Crippen molar-refractivity contribution >= 4 is 17.5 Å². The van der Waals surface area contributed by atoms with Gasteiger partial charge < -0.3 is 15.0 Å². The van der Waals surface area contributed by atoms with Crippen LogP contribution in [-0.4, -0.2) is 45.9 Å². The van der Waals surface area contributed by atoms with Gasteiger partial charge >= 0.3 is 6.01 Å². The molecule has 2 heterocycles. The number of carbonyl (C=O) groups excluding carboxylic acids is 2. The van der Waals surface area contributed by atoms with Gasteiger partial charge in [0, 0.05) is 31.1 Å². The monoisotopic (exact) mass is 344 g/mol. The molecule has 1 N–H and O–H groups in total. The number of amides is 2. The number of hydrogen-bond acceptors (Lipinski definition) is 5. The van der Waals surface area contributed by atoms with E-state index in [0.29, 0.717) is 30.8 Å². The molecule has 1 atom stereocenters. The molecule has 1 aliphatic heterocycles. The highest BCUT2D eigenvalue weighted by Gasteiger charge is 2.28. The topological polar surface area (TPSA) is 84.4 Å². The van der Waals surface area contributed by atoms with Crippen molar-refractivity contribution in [3.05, 3.63) is 48.0 Å². The largest absolute Gasteiger partial charge is 0.458 e. The second-order valence-electron chi connectivity index (χ2n) is 5.72. The predicted molar refractivity (Wildman–Crippen MR) is 87.7 cm³/mol. The van der Waals surface area contributed by atoms with Crippen LogP contribution in [0.25, 0.3) is 0 Å². The minimum atomic E-state index is -0.529. The van der Waals surface area contributed by atoms with E-state index in [-0.39, 0.29) is 23.9 Å². The third-order valence-electron chi connectivity index (χ3n) is 3.75. The van der Waals surface area contributed by atoms with Crippen molar-refractivity contribution in [2.75, 3.05) is 18.4 Å². The minimum absolute atomic E-state index is 0.0976. The Morgan fingerprint density at radius 3 is 2.56 bits per heavy atom. The first-order valence-electron chi connectivity index (χ1n) is 7.82. The summed E-state index contributed by atoms with van der Waals surface area (Å²) in [7, 11) is 0. The molecule has 8 heteroatoms. The fraction of sp³-hybridized carbons (Fsp3) is 0.294. The fourth-order valence-electron chi connectivity index (χ4n) is 2.60. The minimum Gasteiger partial charge on any atom is -0.458 e. The lowest BCUT2D eigenvalue weighted by Gasteiger charge is -2.17. The Balaban J connectivity index is 1.58. The molecule has 0 saturated carbocycles. The normalized spacial score (nSPS) is 16.6. The van der Waals surface area contributed by atoms with Crippen molar-refractivity contribution in [1.82, 2.24) is 14.9 Å². The number of hydrogen-bond donors (Lipinski definition) is 1. The fourth-order valence-corrected chi connectivity index (χ4v) is 2.60. The van der Waals surface area contributed by atoms with E-state index in [1.165, 1.54) is 6.92 Å². The number of halogens is 1. The number of nitrogens with one attached hydrogen (secondary N) is 1. The molecule has 25 heavy (non-hydrogen) atoms. The smallest absolute Gasteiger partial charge is 0.316 e. The van der Waals surface area contributed by atoms with Crippen LogP contribution in [0.3, 0.4) is 0 Å². The van der Waals surface area contributed by atoms with Gasteiger partial charge in [-0.05, 0) is 24.3 Å². The third-order valence-corrected chi connectivity index (χ3v) is 3.75. The van der Waals surface area contributed by atoms with Crippen LogP contribution in [0, 0.1) is 5.82 Å². The van der Waals surface area contributed by atoms with E-state index in [0.717, 1.165) is 12.4 Å². The summed E-state index contributed by atoms with van der Waals surface area (Å²) >= 11 is 0. The zero-order chi connectivity index (χ0) is 17.8. The van der Waals surface area contributed by atoms with E-state index in [9.17, 15) is 14.0 Å². The number of rotatable bonds is 4. The molecule has 0 unspecified atom stereocenters.